The first-order chi connectivity index (χ1) is 7.61. The van der Waals surface area contributed by atoms with Crippen molar-refractivity contribution >= 4 is 11.4 Å². The molecule has 0 unspecified atom stereocenters. The van der Waals surface area contributed by atoms with Gasteiger partial charge in [0.05, 0.1) is 0 Å². The van der Waals surface area contributed by atoms with Crippen LogP contribution in [-0.2, 0) is 0 Å². The molecule has 3 heteroatoms. The zero-order valence-corrected chi connectivity index (χ0v) is 10.6. The first-order valence-electron chi connectivity index (χ1n) is 5.85. The second kappa shape index (κ2) is 6.38. The van der Waals surface area contributed by atoms with Gasteiger partial charge in [-0.2, -0.15) is 0 Å². The Morgan fingerprint density at radius 3 is 2.69 bits per heavy atom. The van der Waals surface area contributed by atoms with E-state index in [9.17, 15) is 0 Å². The van der Waals surface area contributed by atoms with Gasteiger partial charge in [-0.15, -0.1) is 0 Å². The number of nitrogen functional groups attached to an aromatic ring is 1. The predicted molar refractivity (Wildman–Crippen MR) is 71.9 cm³/mol. The Labute approximate surface area is 98.6 Å². The minimum Gasteiger partial charge on any atom is -0.398 e. The molecule has 1 aromatic rings. The number of benzene rings is 1. The maximum atomic E-state index is 5.84. The highest BCUT2D eigenvalue weighted by Gasteiger charge is 1.99. The summed E-state index contributed by atoms with van der Waals surface area (Å²) in [6, 6.07) is 6.01. The van der Waals surface area contributed by atoms with E-state index < -0.39 is 0 Å². The number of hydrogen-bond donors (Lipinski definition) is 2. The largest absolute Gasteiger partial charge is 0.398 e. The Bertz CT molecular complexity index is 321. The third kappa shape index (κ3) is 4.11. The van der Waals surface area contributed by atoms with Gasteiger partial charge < -0.3 is 16.0 Å². The van der Waals surface area contributed by atoms with E-state index in [1.54, 1.807) is 0 Å². The van der Waals surface area contributed by atoms with Crippen LogP contribution in [0.3, 0.4) is 0 Å². The molecule has 16 heavy (non-hydrogen) atoms. The molecule has 0 radical (unpaired) electrons. The summed E-state index contributed by atoms with van der Waals surface area (Å²) in [7, 11) is 4.21. The van der Waals surface area contributed by atoms with Crippen LogP contribution in [0, 0.1) is 6.92 Å². The van der Waals surface area contributed by atoms with Crippen molar-refractivity contribution in [2.24, 2.45) is 0 Å². The lowest BCUT2D eigenvalue weighted by molar-refractivity contribution is 0.396. The van der Waals surface area contributed by atoms with Crippen LogP contribution in [-0.4, -0.2) is 32.1 Å². The van der Waals surface area contributed by atoms with Gasteiger partial charge in [0.2, 0.25) is 0 Å². The fourth-order valence-electron chi connectivity index (χ4n) is 1.62. The molecule has 0 aliphatic rings. The van der Waals surface area contributed by atoms with Crippen molar-refractivity contribution in [1.82, 2.24) is 4.90 Å². The summed E-state index contributed by atoms with van der Waals surface area (Å²) in [5.74, 6) is 0. The van der Waals surface area contributed by atoms with E-state index in [1.165, 1.54) is 12.8 Å². The van der Waals surface area contributed by atoms with E-state index in [1.807, 2.05) is 12.1 Å². The van der Waals surface area contributed by atoms with E-state index in [0.717, 1.165) is 30.0 Å². The van der Waals surface area contributed by atoms with E-state index in [-0.39, 0.29) is 0 Å². The summed E-state index contributed by atoms with van der Waals surface area (Å²) in [5.41, 5.74) is 9.01. The molecule has 0 spiro atoms. The topological polar surface area (TPSA) is 41.3 Å². The van der Waals surface area contributed by atoms with Crippen molar-refractivity contribution in [1.29, 1.82) is 0 Å². The van der Waals surface area contributed by atoms with Gasteiger partial charge in [-0.3, -0.25) is 0 Å². The molecule has 0 aliphatic heterocycles. The average Bonchev–Trinajstić information content (AvgIpc) is 2.23. The summed E-state index contributed by atoms with van der Waals surface area (Å²) in [6.45, 7) is 4.22. The van der Waals surface area contributed by atoms with Gasteiger partial charge in [0.15, 0.2) is 0 Å². The number of nitrogens with zero attached hydrogens (tertiary/aromatic N) is 1. The molecule has 0 amide bonds. The second-order valence-electron chi connectivity index (χ2n) is 4.46. The highest BCUT2D eigenvalue weighted by molar-refractivity contribution is 5.62. The van der Waals surface area contributed by atoms with Crippen molar-refractivity contribution in [3.8, 4) is 0 Å². The molecule has 0 aliphatic carbocycles. The van der Waals surface area contributed by atoms with Gasteiger partial charge in [0.25, 0.3) is 0 Å². The molecular formula is C13H23N3. The number of unbranched alkanes of at least 4 members (excludes halogenated alkanes) is 1. The van der Waals surface area contributed by atoms with Gasteiger partial charge in [0.1, 0.15) is 0 Å². The normalized spacial score (nSPS) is 10.8. The number of nitrogens with one attached hydrogen (secondary N) is 1. The molecule has 1 aromatic carbocycles. The fourth-order valence-corrected chi connectivity index (χ4v) is 1.62. The van der Waals surface area contributed by atoms with Crippen LogP contribution in [0.5, 0.6) is 0 Å². The van der Waals surface area contributed by atoms with Gasteiger partial charge in [-0.05, 0) is 58.1 Å². The highest BCUT2D eigenvalue weighted by atomic mass is 15.0. The van der Waals surface area contributed by atoms with Crippen LogP contribution in [0.2, 0.25) is 0 Å². The monoisotopic (exact) mass is 221 g/mol. The van der Waals surface area contributed by atoms with E-state index in [2.05, 4.69) is 37.3 Å². The molecule has 1 rings (SSSR count). The van der Waals surface area contributed by atoms with Crippen LogP contribution >= 0.6 is 0 Å². The Morgan fingerprint density at radius 1 is 1.25 bits per heavy atom. The first kappa shape index (κ1) is 12.8. The quantitative estimate of drug-likeness (QED) is 0.572. The zero-order valence-electron chi connectivity index (χ0n) is 10.6. The second-order valence-corrected chi connectivity index (χ2v) is 4.46. The number of nitrogens with two attached hydrogens (primary N) is 1. The van der Waals surface area contributed by atoms with E-state index >= 15 is 0 Å². The Kier molecular flexibility index (Phi) is 5.12. The van der Waals surface area contributed by atoms with Gasteiger partial charge in [-0.25, -0.2) is 0 Å². The number of anilines is 2. The number of hydrogen-bond acceptors (Lipinski definition) is 3. The molecule has 0 heterocycles. The van der Waals surface area contributed by atoms with Crippen molar-refractivity contribution in [2.75, 3.05) is 38.2 Å². The lowest BCUT2D eigenvalue weighted by Gasteiger charge is -2.12. The highest BCUT2D eigenvalue weighted by Crippen LogP contribution is 2.20. The maximum absolute atomic E-state index is 5.84. The van der Waals surface area contributed by atoms with Crippen molar-refractivity contribution in [3.05, 3.63) is 23.8 Å². The molecular weight excluding hydrogens is 198 g/mol. The maximum Gasteiger partial charge on any atom is 0.0390 e. The zero-order chi connectivity index (χ0) is 12.0. The molecule has 0 saturated carbocycles. The smallest absolute Gasteiger partial charge is 0.0390 e. The molecule has 0 aromatic heterocycles. The average molecular weight is 221 g/mol. The molecule has 0 bridgehead atoms. The van der Waals surface area contributed by atoms with Crippen LogP contribution in [0.25, 0.3) is 0 Å². The molecule has 0 fully saturated rings. The summed E-state index contributed by atoms with van der Waals surface area (Å²) in [5, 5.41) is 3.43. The van der Waals surface area contributed by atoms with Crippen molar-refractivity contribution in [3.63, 3.8) is 0 Å². The number of rotatable bonds is 6. The first-order valence-corrected chi connectivity index (χ1v) is 5.85. The van der Waals surface area contributed by atoms with Crippen LogP contribution in [0.4, 0.5) is 11.4 Å². The molecule has 0 saturated heterocycles. The molecule has 3 N–H and O–H groups in total. The third-order valence-electron chi connectivity index (χ3n) is 2.72. The SMILES string of the molecule is Cc1c(N)cccc1NCCCCN(C)C. The molecule has 90 valence electrons. The van der Waals surface area contributed by atoms with E-state index in [4.69, 9.17) is 5.73 Å². The fraction of sp³-hybridized carbons (Fsp3) is 0.538. The third-order valence-corrected chi connectivity index (χ3v) is 2.72. The lowest BCUT2D eigenvalue weighted by Crippen LogP contribution is -2.14. The lowest BCUT2D eigenvalue weighted by atomic mass is 10.1. The summed E-state index contributed by atoms with van der Waals surface area (Å²) >= 11 is 0. The van der Waals surface area contributed by atoms with E-state index in [0.29, 0.717) is 0 Å². The summed E-state index contributed by atoms with van der Waals surface area (Å²) < 4.78 is 0. The minimum atomic E-state index is 0.860. The summed E-state index contributed by atoms with van der Waals surface area (Å²) in [4.78, 5) is 2.21. The van der Waals surface area contributed by atoms with Gasteiger partial charge in [0, 0.05) is 17.9 Å². The minimum absolute atomic E-state index is 0.860. The standard InChI is InChI=1S/C13H23N3/c1-11-12(14)7-6-8-13(11)15-9-4-5-10-16(2)3/h6-8,15H,4-5,9-10,14H2,1-3H3. The molecule has 0 atom stereocenters. The van der Waals surface area contributed by atoms with Gasteiger partial charge in [-0.1, -0.05) is 6.07 Å². The predicted octanol–water partition coefficient (Wildman–Crippen LogP) is 2.33. The molecule has 3 nitrogen and oxygen atoms in total. The van der Waals surface area contributed by atoms with Crippen LogP contribution in [0.15, 0.2) is 18.2 Å². The Hall–Kier alpha value is -1.22. The van der Waals surface area contributed by atoms with Crippen molar-refractivity contribution in [2.45, 2.75) is 19.8 Å². The van der Waals surface area contributed by atoms with Gasteiger partial charge >= 0.3 is 0 Å². The summed E-state index contributed by atoms with van der Waals surface area (Å²) in [6.07, 6.45) is 2.41. The Morgan fingerprint density at radius 2 is 2.00 bits per heavy atom. The van der Waals surface area contributed by atoms with Crippen LogP contribution in [0.1, 0.15) is 18.4 Å². The Balaban J connectivity index is 2.29. The van der Waals surface area contributed by atoms with Crippen LogP contribution < -0.4 is 11.1 Å². The van der Waals surface area contributed by atoms with Crippen molar-refractivity contribution < 1.29 is 0 Å².